The van der Waals surface area contributed by atoms with Crippen LogP contribution in [-0.2, 0) is 0 Å². The van der Waals surface area contributed by atoms with E-state index in [-0.39, 0.29) is 12.5 Å². The third-order valence-electron chi connectivity index (χ3n) is 2.83. The fraction of sp³-hybridized carbons (Fsp3) is 0.533. The highest BCUT2D eigenvalue weighted by Gasteiger charge is 2.24. The van der Waals surface area contributed by atoms with E-state index >= 15 is 0 Å². The number of nitrogens with zero attached hydrogens (tertiary/aromatic N) is 1. The molecule has 0 bridgehead atoms. The van der Waals surface area contributed by atoms with Crippen molar-refractivity contribution in [2.75, 3.05) is 25.0 Å². The SMILES string of the molecule is CCNc1ccc(Cl)cc1C(=O)N(CC)CC(C)(C)O. The van der Waals surface area contributed by atoms with Gasteiger partial charge in [-0.15, -0.1) is 0 Å². The normalized spacial score (nSPS) is 11.3. The molecule has 0 aliphatic rings. The smallest absolute Gasteiger partial charge is 0.256 e. The molecule has 20 heavy (non-hydrogen) atoms. The minimum Gasteiger partial charge on any atom is -0.389 e. The van der Waals surface area contributed by atoms with Crippen LogP contribution in [0.4, 0.5) is 5.69 Å². The Labute approximate surface area is 125 Å². The molecule has 0 aliphatic heterocycles. The van der Waals surface area contributed by atoms with E-state index in [0.29, 0.717) is 17.1 Å². The number of carbonyl (C=O) groups excluding carboxylic acids is 1. The van der Waals surface area contributed by atoms with Crippen molar-refractivity contribution < 1.29 is 9.90 Å². The molecule has 0 aromatic heterocycles. The summed E-state index contributed by atoms with van der Waals surface area (Å²) in [5.41, 5.74) is 0.365. The highest BCUT2D eigenvalue weighted by Crippen LogP contribution is 2.23. The lowest BCUT2D eigenvalue weighted by Gasteiger charge is -2.28. The van der Waals surface area contributed by atoms with Crippen molar-refractivity contribution >= 4 is 23.2 Å². The number of halogens is 1. The van der Waals surface area contributed by atoms with Gasteiger partial charge in [-0.05, 0) is 45.9 Å². The van der Waals surface area contributed by atoms with E-state index in [0.717, 1.165) is 12.2 Å². The number of benzene rings is 1. The molecule has 2 N–H and O–H groups in total. The van der Waals surface area contributed by atoms with E-state index in [9.17, 15) is 9.90 Å². The van der Waals surface area contributed by atoms with Gasteiger partial charge in [0.1, 0.15) is 0 Å². The lowest BCUT2D eigenvalue weighted by Crippen LogP contribution is -2.42. The molecule has 4 nitrogen and oxygen atoms in total. The Morgan fingerprint density at radius 2 is 2.05 bits per heavy atom. The predicted octanol–water partition coefficient (Wildman–Crippen LogP) is 3.00. The first-order valence-corrected chi connectivity index (χ1v) is 7.21. The number of hydrogen-bond donors (Lipinski definition) is 2. The molecule has 1 rings (SSSR count). The Morgan fingerprint density at radius 1 is 1.40 bits per heavy atom. The molecule has 1 aromatic rings. The second kappa shape index (κ2) is 6.95. The summed E-state index contributed by atoms with van der Waals surface area (Å²) >= 11 is 5.99. The zero-order chi connectivity index (χ0) is 15.3. The fourth-order valence-electron chi connectivity index (χ4n) is 2.00. The summed E-state index contributed by atoms with van der Waals surface area (Å²) in [4.78, 5) is 14.2. The molecule has 0 spiro atoms. The average molecular weight is 299 g/mol. The maximum Gasteiger partial charge on any atom is 0.256 e. The highest BCUT2D eigenvalue weighted by molar-refractivity contribution is 6.31. The van der Waals surface area contributed by atoms with Crippen LogP contribution in [0.5, 0.6) is 0 Å². The average Bonchev–Trinajstić information content (AvgIpc) is 2.36. The first kappa shape index (κ1) is 16.8. The molecular formula is C15H23ClN2O2. The van der Waals surface area contributed by atoms with E-state index in [1.54, 1.807) is 36.9 Å². The molecule has 1 aromatic carbocycles. The molecule has 0 heterocycles. The molecular weight excluding hydrogens is 276 g/mol. The Bertz CT molecular complexity index is 469. The number of aliphatic hydroxyl groups is 1. The van der Waals surface area contributed by atoms with E-state index in [2.05, 4.69) is 5.32 Å². The van der Waals surface area contributed by atoms with Gasteiger partial charge in [0.2, 0.25) is 0 Å². The minimum absolute atomic E-state index is 0.131. The molecule has 5 heteroatoms. The van der Waals surface area contributed by atoms with E-state index in [4.69, 9.17) is 11.6 Å². The van der Waals surface area contributed by atoms with Gasteiger partial charge in [0, 0.05) is 30.3 Å². The molecule has 0 atom stereocenters. The first-order valence-electron chi connectivity index (χ1n) is 6.83. The number of nitrogens with one attached hydrogen (secondary N) is 1. The van der Waals surface area contributed by atoms with E-state index in [1.165, 1.54) is 0 Å². The maximum absolute atomic E-state index is 12.6. The van der Waals surface area contributed by atoms with Crippen molar-refractivity contribution in [3.05, 3.63) is 28.8 Å². The largest absolute Gasteiger partial charge is 0.389 e. The van der Waals surface area contributed by atoms with Crippen LogP contribution in [0.25, 0.3) is 0 Å². The van der Waals surface area contributed by atoms with Crippen molar-refractivity contribution in [1.82, 2.24) is 4.90 Å². The third-order valence-corrected chi connectivity index (χ3v) is 3.06. The molecule has 0 aliphatic carbocycles. The summed E-state index contributed by atoms with van der Waals surface area (Å²) in [6.45, 7) is 8.76. The number of anilines is 1. The maximum atomic E-state index is 12.6. The van der Waals surface area contributed by atoms with Gasteiger partial charge in [-0.1, -0.05) is 11.6 Å². The van der Waals surface area contributed by atoms with Crippen LogP contribution in [0.1, 0.15) is 38.1 Å². The summed E-state index contributed by atoms with van der Waals surface area (Å²) in [5.74, 6) is -0.131. The number of rotatable bonds is 6. The zero-order valence-corrected chi connectivity index (χ0v) is 13.3. The Kier molecular flexibility index (Phi) is 5.84. The first-order chi connectivity index (χ1) is 9.28. The summed E-state index contributed by atoms with van der Waals surface area (Å²) in [6, 6.07) is 5.22. The van der Waals surface area contributed by atoms with Crippen molar-refractivity contribution in [2.45, 2.75) is 33.3 Å². The summed E-state index contributed by atoms with van der Waals surface area (Å²) in [5, 5.41) is 13.6. The second-order valence-electron chi connectivity index (χ2n) is 5.35. The second-order valence-corrected chi connectivity index (χ2v) is 5.79. The molecule has 0 unspecified atom stereocenters. The highest BCUT2D eigenvalue weighted by atomic mass is 35.5. The van der Waals surface area contributed by atoms with Gasteiger partial charge in [0.15, 0.2) is 0 Å². The van der Waals surface area contributed by atoms with E-state index in [1.807, 2.05) is 13.8 Å². The van der Waals surface area contributed by atoms with Crippen LogP contribution in [0.2, 0.25) is 5.02 Å². The van der Waals surface area contributed by atoms with Gasteiger partial charge in [0.25, 0.3) is 5.91 Å². The van der Waals surface area contributed by atoms with Gasteiger partial charge >= 0.3 is 0 Å². The Hall–Kier alpha value is -1.26. The number of amides is 1. The van der Waals surface area contributed by atoms with Gasteiger partial charge in [-0.3, -0.25) is 4.79 Å². The minimum atomic E-state index is -0.928. The van der Waals surface area contributed by atoms with E-state index < -0.39 is 5.60 Å². The standard InChI is InChI=1S/C15H23ClN2O2/c1-5-17-13-8-7-11(16)9-12(13)14(19)18(6-2)10-15(3,4)20/h7-9,17,20H,5-6,10H2,1-4H3. The van der Waals surface area contributed by atoms with Gasteiger partial charge in [0.05, 0.1) is 11.2 Å². The summed E-state index contributed by atoms with van der Waals surface area (Å²) in [6.07, 6.45) is 0. The van der Waals surface area contributed by atoms with Crippen LogP contribution < -0.4 is 5.32 Å². The predicted molar refractivity (Wildman–Crippen MR) is 83.5 cm³/mol. The molecule has 0 radical (unpaired) electrons. The molecule has 0 fully saturated rings. The topological polar surface area (TPSA) is 52.6 Å². The molecule has 0 saturated heterocycles. The van der Waals surface area contributed by atoms with Gasteiger partial charge in [-0.25, -0.2) is 0 Å². The van der Waals surface area contributed by atoms with Crippen LogP contribution in [0.15, 0.2) is 18.2 Å². The Morgan fingerprint density at radius 3 is 2.55 bits per heavy atom. The molecule has 0 saturated carbocycles. The monoisotopic (exact) mass is 298 g/mol. The number of likely N-dealkylation sites (N-methyl/N-ethyl adjacent to an activating group) is 1. The lowest BCUT2D eigenvalue weighted by atomic mass is 10.1. The molecule has 112 valence electrons. The van der Waals surface area contributed by atoms with Crippen molar-refractivity contribution in [2.24, 2.45) is 0 Å². The van der Waals surface area contributed by atoms with Crippen molar-refractivity contribution in [3.63, 3.8) is 0 Å². The number of hydrogen-bond acceptors (Lipinski definition) is 3. The van der Waals surface area contributed by atoms with Gasteiger partial charge in [-0.2, -0.15) is 0 Å². The fourth-order valence-corrected chi connectivity index (χ4v) is 2.17. The summed E-state index contributed by atoms with van der Waals surface area (Å²) in [7, 11) is 0. The van der Waals surface area contributed by atoms with Crippen LogP contribution in [-0.4, -0.2) is 41.1 Å². The number of carbonyl (C=O) groups is 1. The quantitative estimate of drug-likeness (QED) is 0.849. The Balaban J connectivity index is 3.08. The van der Waals surface area contributed by atoms with Gasteiger partial charge < -0.3 is 15.3 Å². The molecule has 1 amide bonds. The van der Waals surface area contributed by atoms with Crippen LogP contribution in [0.3, 0.4) is 0 Å². The van der Waals surface area contributed by atoms with Crippen LogP contribution >= 0.6 is 11.6 Å². The third kappa shape index (κ3) is 4.69. The zero-order valence-electron chi connectivity index (χ0n) is 12.5. The summed E-state index contributed by atoms with van der Waals surface area (Å²) < 4.78 is 0. The van der Waals surface area contributed by atoms with Crippen LogP contribution in [0, 0.1) is 0 Å². The van der Waals surface area contributed by atoms with Crippen molar-refractivity contribution in [3.8, 4) is 0 Å². The lowest BCUT2D eigenvalue weighted by molar-refractivity contribution is 0.0315. The van der Waals surface area contributed by atoms with Crippen molar-refractivity contribution in [1.29, 1.82) is 0 Å².